The number of nitrogens with zero attached hydrogens (tertiary/aromatic N) is 2. The van der Waals surface area contributed by atoms with Crippen molar-refractivity contribution in [2.45, 2.75) is 47.9 Å². The monoisotopic (exact) mass is 470 g/mol. The number of aromatic nitrogens is 2. The number of hydrogen-bond acceptors (Lipinski definition) is 8. The van der Waals surface area contributed by atoms with Crippen molar-refractivity contribution in [3.05, 3.63) is 46.0 Å². The summed E-state index contributed by atoms with van der Waals surface area (Å²) < 4.78 is 4.84. The van der Waals surface area contributed by atoms with Gasteiger partial charge in [0.1, 0.15) is 17.0 Å². The van der Waals surface area contributed by atoms with Gasteiger partial charge in [0.05, 0.1) is 12.7 Å². The minimum atomic E-state index is -0.304. The third-order valence-corrected chi connectivity index (χ3v) is 7.81. The molecule has 5 rings (SSSR count). The Hall–Kier alpha value is -2.72. The number of carbonyl (C=O) groups excluding carboxylic acids is 1. The predicted octanol–water partition coefficient (Wildman–Crippen LogP) is 3.10. The maximum absolute atomic E-state index is 13.4. The normalized spacial score (nSPS) is 23.0. The lowest BCUT2D eigenvalue weighted by atomic mass is 9.96. The van der Waals surface area contributed by atoms with Gasteiger partial charge in [-0.25, -0.2) is 9.78 Å². The van der Waals surface area contributed by atoms with Crippen molar-refractivity contribution >= 4 is 29.4 Å². The van der Waals surface area contributed by atoms with Crippen molar-refractivity contribution in [3.8, 4) is 0 Å². The molecular weight excluding hydrogens is 440 g/mol. The first kappa shape index (κ1) is 22.1. The molecule has 0 saturated carbocycles. The molecule has 176 valence electrons. The van der Waals surface area contributed by atoms with Crippen LogP contribution in [0.4, 0.5) is 16.3 Å². The molecule has 4 N–H and O–H groups in total. The van der Waals surface area contributed by atoms with E-state index in [-0.39, 0.29) is 29.0 Å². The third-order valence-electron chi connectivity index (χ3n) is 6.61. The number of H-pyrrole nitrogens is 1. The van der Waals surface area contributed by atoms with Crippen molar-refractivity contribution in [1.82, 2.24) is 20.2 Å². The van der Waals surface area contributed by atoms with Crippen molar-refractivity contribution in [3.63, 3.8) is 0 Å². The van der Waals surface area contributed by atoms with Gasteiger partial charge in [0.25, 0.3) is 5.56 Å². The molecule has 33 heavy (non-hydrogen) atoms. The fourth-order valence-electron chi connectivity index (χ4n) is 4.80. The summed E-state index contributed by atoms with van der Waals surface area (Å²) in [6.45, 7) is 3.06. The fraction of sp³-hybridized carbons (Fsp3) is 0.522. The lowest BCUT2D eigenvalue weighted by Gasteiger charge is -2.31. The van der Waals surface area contributed by atoms with Gasteiger partial charge < -0.3 is 30.6 Å². The average Bonchev–Trinajstić information content (AvgIpc) is 3.27. The molecule has 1 amide bonds. The topological polar surface area (TPSA) is 111 Å². The maximum Gasteiger partial charge on any atom is 0.409 e. The third kappa shape index (κ3) is 4.67. The number of likely N-dealkylation sites (tertiary alicyclic amines) is 1. The van der Waals surface area contributed by atoms with Gasteiger partial charge in [-0.2, -0.15) is 0 Å². The molecule has 3 aliphatic heterocycles. The summed E-state index contributed by atoms with van der Waals surface area (Å²) in [5, 5.41) is 10.3. The van der Waals surface area contributed by atoms with Gasteiger partial charge in [0.15, 0.2) is 0 Å². The zero-order valence-corrected chi connectivity index (χ0v) is 19.5. The lowest BCUT2D eigenvalue weighted by Crippen LogP contribution is -2.40. The van der Waals surface area contributed by atoms with Crippen LogP contribution in [0.2, 0.25) is 0 Å². The van der Waals surface area contributed by atoms with Crippen molar-refractivity contribution in [1.29, 1.82) is 0 Å². The van der Waals surface area contributed by atoms with E-state index < -0.39 is 0 Å². The Morgan fingerprint density at radius 2 is 2.06 bits per heavy atom. The molecule has 2 saturated heterocycles. The highest BCUT2D eigenvalue weighted by Crippen LogP contribution is 2.46. The van der Waals surface area contributed by atoms with Gasteiger partial charge in [-0.05, 0) is 44.4 Å². The molecular formula is C23H30N6O3S. The summed E-state index contributed by atoms with van der Waals surface area (Å²) in [6.07, 6.45) is 3.31. The van der Waals surface area contributed by atoms with Crippen LogP contribution in [0.3, 0.4) is 0 Å². The number of benzene rings is 1. The summed E-state index contributed by atoms with van der Waals surface area (Å²) in [5.74, 6) is 1.45. The number of aromatic amines is 1. The van der Waals surface area contributed by atoms with E-state index in [1.165, 1.54) is 7.11 Å². The van der Waals surface area contributed by atoms with E-state index in [1.54, 1.807) is 16.7 Å². The number of rotatable bonds is 4. The van der Waals surface area contributed by atoms with E-state index in [4.69, 9.17) is 9.72 Å². The van der Waals surface area contributed by atoms with E-state index in [1.807, 2.05) is 18.2 Å². The van der Waals surface area contributed by atoms with Gasteiger partial charge >= 0.3 is 6.09 Å². The number of thioether (sulfide) groups is 1. The summed E-state index contributed by atoms with van der Waals surface area (Å²) in [4.78, 5) is 36.1. The Balaban J connectivity index is 1.42. The number of carbonyl (C=O) groups is 1. The Kier molecular flexibility index (Phi) is 6.45. The number of fused-ring (bicyclic) bond motifs is 1. The van der Waals surface area contributed by atoms with Crippen LogP contribution in [-0.4, -0.2) is 60.3 Å². The van der Waals surface area contributed by atoms with Crippen LogP contribution in [0.5, 0.6) is 0 Å². The highest BCUT2D eigenvalue weighted by Gasteiger charge is 2.32. The maximum atomic E-state index is 13.4. The number of hydrogen-bond donors (Lipinski definition) is 4. The second-order valence-electron chi connectivity index (χ2n) is 8.77. The van der Waals surface area contributed by atoms with Crippen molar-refractivity contribution in [2.24, 2.45) is 0 Å². The predicted molar refractivity (Wildman–Crippen MR) is 129 cm³/mol. The van der Waals surface area contributed by atoms with Crippen LogP contribution < -0.4 is 21.5 Å². The molecule has 1 aromatic carbocycles. The summed E-state index contributed by atoms with van der Waals surface area (Å²) in [7, 11) is 1.40. The Morgan fingerprint density at radius 3 is 2.79 bits per heavy atom. The Morgan fingerprint density at radius 1 is 1.24 bits per heavy atom. The average molecular weight is 471 g/mol. The quantitative estimate of drug-likeness (QED) is 0.540. The zero-order chi connectivity index (χ0) is 22.8. The number of piperidine rings is 2. The molecule has 9 nitrogen and oxygen atoms in total. The van der Waals surface area contributed by atoms with Gasteiger partial charge in [-0.15, -0.1) is 0 Å². The van der Waals surface area contributed by atoms with Gasteiger partial charge in [-0.1, -0.05) is 23.9 Å². The number of amides is 1. The molecule has 2 aromatic rings. The molecule has 10 heteroatoms. The van der Waals surface area contributed by atoms with Crippen LogP contribution in [0, 0.1) is 0 Å². The number of anilines is 2. The number of methoxy groups -OCH3 is 1. The SMILES string of the molecule is COC(=O)N1CCC(c2nc(N[C@@H]3CCCNC3)c(C3Nc4ccccc4S3)c(=O)[nH]2)CC1. The summed E-state index contributed by atoms with van der Waals surface area (Å²) >= 11 is 1.64. The fourth-order valence-corrected chi connectivity index (χ4v) is 5.98. The van der Waals surface area contributed by atoms with Gasteiger partial charge in [-0.3, -0.25) is 4.79 Å². The molecule has 3 aliphatic rings. The van der Waals surface area contributed by atoms with Gasteiger partial charge in [0.2, 0.25) is 0 Å². The highest BCUT2D eigenvalue weighted by molar-refractivity contribution is 8.00. The number of para-hydroxylation sites is 1. The lowest BCUT2D eigenvalue weighted by molar-refractivity contribution is 0.111. The number of ether oxygens (including phenoxy) is 1. The minimum Gasteiger partial charge on any atom is -0.453 e. The van der Waals surface area contributed by atoms with E-state index in [0.717, 1.165) is 49.4 Å². The van der Waals surface area contributed by atoms with Crippen molar-refractivity contribution < 1.29 is 9.53 Å². The van der Waals surface area contributed by atoms with Crippen LogP contribution in [-0.2, 0) is 4.74 Å². The Labute approximate surface area is 197 Å². The first-order chi connectivity index (χ1) is 16.1. The van der Waals surface area contributed by atoms with E-state index in [0.29, 0.717) is 30.3 Å². The van der Waals surface area contributed by atoms with Crippen LogP contribution in [0.25, 0.3) is 0 Å². The zero-order valence-electron chi connectivity index (χ0n) is 18.7. The molecule has 0 spiro atoms. The second-order valence-corrected chi connectivity index (χ2v) is 9.92. The largest absolute Gasteiger partial charge is 0.453 e. The van der Waals surface area contributed by atoms with Gasteiger partial charge in [0, 0.05) is 42.2 Å². The molecule has 0 bridgehead atoms. The first-order valence-corrected chi connectivity index (χ1v) is 12.5. The first-order valence-electron chi connectivity index (χ1n) is 11.6. The minimum absolute atomic E-state index is 0.0964. The summed E-state index contributed by atoms with van der Waals surface area (Å²) in [5.41, 5.74) is 1.56. The molecule has 2 atom stereocenters. The Bertz CT molecular complexity index is 1040. The molecule has 4 heterocycles. The molecule has 2 fully saturated rings. The molecule has 1 aromatic heterocycles. The molecule has 0 aliphatic carbocycles. The highest BCUT2D eigenvalue weighted by atomic mass is 32.2. The molecule has 0 radical (unpaired) electrons. The summed E-state index contributed by atoms with van der Waals surface area (Å²) in [6, 6.07) is 8.33. The van der Waals surface area contributed by atoms with Crippen LogP contribution in [0.15, 0.2) is 34.0 Å². The van der Waals surface area contributed by atoms with E-state index >= 15 is 0 Å². The van der Waals surface area contributed by atoms with Crippen LogP contribution >= 0.6 is 11.8 Å². The van der Waals surface area contributed by atoms with Crippen molar-refractivity contribution in [2.75, 3.05) is 43.9 Å². The van der Waals surface area contributed by atoms with E-state index in [9.17, 15) is 9.59 Å². The van der Waals surface area contributed by atoms with Crippen LogP contribution in [0.1, 0.15) is 48.4 Å². The number of nitrogens with one attached hydrogen (secondary N) is 4. The standard InChI is InChI=1S/C23H30N6O3S/c1-32-23(31)29-11-8-14(9-12-29)19-27-20(25-15-5-4-10-24-13-15)18(21(30)28-19)22-26-16-6-2-3-7-17(16)33-22/h2-3,6-7,14-15,22,24,26H,4-5,8-13H2,1H3,(H2,25,27,28,30)/t15-,22?/m1/s1. The van der Waals surface area contributed by atoms with E-state index in [2.05, 4.69) is 27.0 Å². The smallest absolute Gasteiger partial charge is 0.409 e. The molecule has 1 unspecified atom stereocenters. The second kappa shape index (κ2) is 9.64.